The summed E-state index contributed by atoms with van der Waals surface area (Å²) in [5.74, 6) is 0.808. The van der Waals surface area contributed by atoms with Gasteiger partial charge in [0.05, 0.1) is 11.3 Å². The summed E-state index contributed by atoms with van der Waals surface area (Å²) in [6, 6.07) is 16.7. The summed E-state index contributed by atoms with van der Waals surface area (Å²) in [4.78, 5) is 6.46. The minimum Gasteiger partial charge on any atom is -0.478 e. The van der Waals surface area contributed by atoms with Gasteiger partial charge in [-0.3, -0.25) is 9.88 Å². The first kappa shape index (κ1) is 17.5. The summed E-state index contributed by atoms with van der Waals surface area (Å²) in [6.07, 6.45) is -2.56. The van der Waals surface area contributed by atoms with Gasteiger partial charge in [0, 0.05) is 24.8 Å². The first-order valence-corrected chi connectivity index (χ1v) is 8.55. The molecular formula is C21H17F3N2O. The third kappa shape index (κ3) is 3.95. The molecule has 1 aliphatic heterocycles. The van der Waals surface area contributed by atoms with Crippen LogP contribution in [0.2, 0.25) is 0 Å². The van der Waals surface area contributed by atoms with Gasteiger partial charge in [0.15, 0.2) is 0 Å². The van der Waals surface area contributed by atoms with Crippen LogP contribution in [0.25, 0.3) is 11.1 Å². The number of hydrogen-bond acceptors (Lipinski definition) is 3. The maximum absolute atomic E-state index is 12.7. The van der Waals surface area contributed by atoms with E-state index in [4.69, 9.17) is 4.74 Å². The lowest BCUT2D eigenvalue weighted by Crippen LogP contribution is -2.31. The highest BCUT2D eigenvalue weighted by atomic mass is 19.4. The van der Waals surface area contributed by atoms with E-state index in [2.05, 4.69) is 9.88 Å². The van der Waals surface area contributed by atoms with Gasteiger partial charge in [0.25, 0.3) is 0 Å². The zero-order valence-corrected chi connectivity index (χ0v) is 14.4. The molecule has 1 aliphatic rings. The van der Waals surface area contributed by atoms with E-state index in [9.17, 15) is 13.2 Å². The van der Waals surface area contributed by atoms with E-state index in [0.717, 1.165) is 40.3 Å². The number of aromatic nitrogens is 1. The van der Waals surface area contributed by atoms with Gasteiger partial charge >= 0.3 is 6.18 Å². The van der Waals surface area contributed by atoms with Crippen molar-refractivity contribution in [3.05, 3.63) is 83.7 Å². The zero-order valence-electron chi connectivity index (χ0n) is 14.4. The van der Waals surface area contributed by atoms with Crippen molar-refractivity contribution in [3.8, 4) is 16.9 Å². The number of benzene rings is 2. The summed E-state index contributed by atoms with van der Waals surface area (Å²) in [7, 11) is 0. The molecule has 138 valence electrons. The second-order valence-corrected chi connectivity index (χ2v) is 6.48. The Morgan fingerprint density at radius 1 is 0.963 bits per heavy atom. The molecule has 0 atom stereocenters. The van der Waals surface area contributed by atoms with Crippen molar-refractivity contribution in [2.24, 2.45) is 0 Å². The summed E-state index contributed by atoms with van der Waals surface area (Å²) in [5, 5.41) is 0. The average Bonchev–Trinajstić information content (AvgIpc) is 2.68. The Balaban J connectivity index is 1.54. The number of hydrogen-bond donors (Lipinski definition) is 0. The summed E-state index contributed by atoms with van der Waals surface area (Å²) < 4.78 is 44.0. The van der Waals surface area contributed by atoms with Crippen LogP contribution in [0.4, 0.5) is 13.2 Å². The molecule has 0 N–H and O–H groups in total. The molecule has 0 saturated carbocycles. The molecule has 0 saturated heterocycles. The van der Waals surface area contributed by atoms with Gasteiger partial charge in [0.2, 0.25) is 0 Å². The number of pyridine rings is 1. The highest BCUT2D eigenvalue weighted by molar-refractivity contribution is 5.66. The lowest BCUT2D eigenvalue weighted by atomic mass is 10.0. The molecule has 27 heavy (non-hydrogen) atoms. The maximum atomic E-state index is 12.7. The van der Waals surface area contributed by atoms with Crippen LogP contribution in [0.5, 0.6) is 5.75 Å². The molecule has 0 spiro atoms. The number of rotatable bonds is 3. The summed E-state index contributed by atoms with van der Waals surface area (Å²) in [6.45, 7) is 1.84. The first-order chi connectivity index (χ1) is 13.0. The monoisotopic (exact) mass is 370 g/mol. The van der Waals surface area contributed by atoms with E-state index in [0.29, 0.717) is 19.8 Å². The van der Waals surface area contributed by atoms with Gasteiger partial charge in [-0.15, -0.1) is 0 Å². The molecular weight excluding hydrogens is 353 g/mol. The zero-order chi connectivity index (χ0) is 18.9. The van der Waals surface area contributed by atoms with E-state index >= 15 is 0 Å². The van der Waals surface area contributed by atoms with Crippen molar-refractivity contribution >= 4 is 0 Å². The minimum atomic E-state index is -4.33. The SMILES string of the molecule is FC(F)(F)c1ccc(-c2ccc3c(c2)CN(Cc2ccccn2)CO3)cc1. The van der Waals surface area contributed by atoms with E-state index in [-0.39, 0.29) is 0 Å². The molecule has 6 heteroatoms. The molecule has 0 amide bonds. The van der Waals surface area contributed by atoms with Crippen LogP contribution < -0.4 is 4.74 Å². The van der Waals surface area contributed by atoms with E-state index in [1.807, 2.05) is 36.4 Å². The van der Waals surface area contributed by atoms with Crippen LogP contribution >= 0.6 is 0 Å². The van der Waals surface area contributed by atoms with Crippen LogP contribution in [0.15, 0.2) is 66.9 Å². The smallest absolute Gasteiger partial charge is 0.416 e. The fourth-order valence-corrected chi connectivity index (χ4v) is 3.14. The minimum absolute atomic E-state index is 0.475. The molecule has 0 aliphatic carbocycles. The Morgan fingerprint density at radius 3 is 2.44 bits per heavy atom. The molecule has 0 fully saturated rings. The van der Waals surface area contributed by atoms with Crippen LogP contribution in [-0.4, -0.2) is 16.6 Å². The van der Waals surface area contributed by atoms with E-state index in [1.54, 1.807) is 6.20 Å². The number of ether oxygens (including phenoxy) is 1. The maximum Gasteiger partial charge on any atom is 0.416 e. The lowest BCUT2D eigenvalue weighted by Gasteiger charge is -2.29. The van der Waals surface area contributed by atoms with Crippen molar-refractivity contribution in [1.29, 1.82) is 0 Å². The third-order valence-corrected chi connectivity index (χ3v) is 4.51. The van der Waals surface area contributed by atoms with Gasteiger partial charge in [-0.05, 0) is 47.5 Å². The number of fused-ring (bicyclic) bond motifs is 1. The molecule has 0 bridgehead atoms. The van der Waals surface area contributed by atoms with Gasteiger partial charge in [-0.25, -0.2) is 0 Å². The fraction of sp³-hybridized carbons (Fsp3) is 0.190. The topological polar surface area (TPSA) is 25.4 Å². The highest BCUT2D eigenvalue weighted by Crippen LogP contribution is 2.33. The molecule has 1 aromatic heterocycles. The Morgan fingerprint density at radius 2 is 1.74 bits per heavy atom. The largest absolute Gasteiger partial charge is 0.478 e. The Kier molecular flexibility index (Phi) is 4.58. The molecule has 2 aromatic carbocycles. The first-order valence-electron chi connectivity index (χ1n) is 8.55. The number of alkyl halides is 3. The van der Waals surface area contributed by atoms with Crippen molar-refractivity contribution in [2.45, 2.75) is 19.3 Å². The Bertz CT molecular complexity index is 924. The molecule has 3 nitrogen and oxygen atoms in total. The molecule has 0 unspecified atom stereocenters. The van der Waals surface area contributed by atoms with Gasteiger partial charge in [-0.1, -0.05) is 24.3 Å². The van der Waals surface area contributed by atoms with Crippen molar-refractivity contribution in [2.75, 3.05) is 6.73 Å². The molecule has 4 rings (SSSR count). The second-order valence-electron chi connectivity index (χ2n) is 6.48. The fourth-order valence-electron chi connectivity index (χ4n) is 3.14. The quantitative estimate of drug-likeness (QED) is 0.640. The van der Waals surface area contributed by atoms with E-state index in [1.165, 1.54) is 12.1 Å². The number of halogens is 3. The number of nitrogens with zero attached hydrogens (tertiary/aromatic N) is 2. The van der Waals surface area contributed by atoms with Crippen LogP contribution in [0.1, 0.15) is 16.8 Å². The second kappa shape index (κ2) is 7.04. The predicted molar refractivity (Wildman–Crippen MR) is 95.9 cm³/mol. The third-order valence-electron chi connectivity index (χ3n) is 4.51. The highest BCUT2D eigenvalue weighted by Gasteiger charge is 2.30. The molecule has 0 radical (unpaired) electrons. The molecule has 2 heterocycles. The van der Waals surface area contributed by atoms with Gasteiger partial charge in [-0.2, -0.15) is 13.2 Å². The Labute approximate surface area is 155 Å². The van der Waals surface area contributed by atoms with Crippen molar-refractivity contribution in [3.63, 3.8) is 0 Å². The van der Waals surface area contributed by atoms with Crippen molar-refractivity contribution < 1.29 is 17.9 Å². The summed E-state index contributed by atoms with van der Waals surface area (Å²) in [5.41, 5.74) is 2.94. The van der Waals surface area contributed by atoms with Crippen LogP contribution in [-0.2, 0) is 19.3 Å². The predicted octanol–water partition coefficient (Wildman–Crippen LogP) is 5.12. The average molecular weight is 370 g/mol. The van der Waals surface area contributed by atoms with Crippen molar-refractivity contribution in [1.82, 2.24) is 9.88 Å². The Hall–Kier alpha value is -2.86. The van der Waals surface area contributed by atoms with E-state index < -0.39 is 11.7 Å². The standard InChI is InChI=1S/C21H17F3N2O/c22-21(23,24)18-7-4-15(5-8-18)16-6-9-20-17(11-16)12-26(14-27-20)13-19-3-1-2-10-25-19/h1-11H,12-14H2. The van der Waals surface area contributed by atoms with Crippen LogP contribution in [0, 0.1) is 0 Å². The molecule has 3 aromatic rings. The van der Waals surface area contributed by atoms with Crippen LogP contribution in [0.3, 0.4) is 0 Å². The lowest BCUT2D eigenvalue weighted by molar-refractivity contribution is -0.137. The van der Waals surface area contributed by atoms with Gasteiger partial charge < -0.3 is 4.74 Å². The normalized spacial score (nSPS) is 14.5. The van der Waals surface area contributed by atoms with Gasteiger partial charge in [0.1, 0.15) is 12.5 Å². The summed E-state index contributed by atoms with van der Waals surface area (Å²) >= 11 is 0.